The molecule has 1 heterocycles. The van der Waals surface area contributed by atoms with Crippen LogP contribution in [0.4, 0.5) is 0 Å². The van der Waals surface area contributed by atoms with Crippen LogP contribution in [0.2, 0.25) is 0 Å². The quantitative estimate of drug-likeness (QED) is 0.755. The molecule has 1 fully saturated rings. The fourth-order valence-corrected chi connectivity index (χ4v) is 1.47. The number of aliphatic hydroxyl groups is 1. The number of rotatable bonds is 3. The molecule has 1 N–H and O–H groups in total. The Kier molecular flexibility index (Phi) is 1.96. The lowest BCUT2D eigenvalue weighted by atomic mass is 10.0. The monoisotopic (exact) mass is 179 g/mol. The van der Waals surface area contributed by atoms with Crippen molar-refractivity contribution in [2.75, 3.05) is 13.7 Å². The fraction of sp³-hybridized carbons (Fsp3) is 0.500. The van der Waals surface area contributed by atoms with E-state index in [4.69, 9.17) is 4.74 Å². The van der Waals surface area contributed by atoms with Gasteiger partial charge in [-0.2, -0.15) is 0 Å². The summed E-state index contributed by atoms with van der Waals surface area (Å²) in [6.45, 7) is 0.188. The van der Waals surface area contributed by atoms with Gasteiger partial charge in [-0.05, 0) is 18.9 Å². The van der Waals surface area contributed by atoms with Gasteiger partial charge in [-0.3, -0.25) is 0 Å². The normalized spacial score (nSPS) is 18.3. The van der Waals surface area contributed by atoms with Crippen LogP contribution < -0.4 is 4.74 Å². The van der Waals surface area contributed by atoms with E-state index in [1.165, 1.54) is 0 Å². The van der Waals surface area contributed by atoms with Crippen LogP contribution >= 0.6 is 0 Å². The maximum Gasteiger partial charge on any atom is 0.213 e. The number of pyridine rings is 1. The van der Waals surface area contributed by atoms with E-state index in [1.54, 1.807) is 7.11 Å². The van der Waals surface area contributed by atoms with Gasteiger partial charge in [0.1, 0.15) is 0 Å². The van der Waals surface area contributed by atoms with Gasteiger partial charge in [0.15, 0.2) is 0 Å². The van der Waals surface area contributed by atoms with Crippen LogP contribution in [0.25, 0.3) is 0 Å². The zero-order valence-corrected chi connectivity index (χ0v) is 7.66. The zero-order valence-electron chi connectivity index (χ0n) is 7.66. The largest absolute Gasteiger partial charge is 0.481 e. The molecule has 0 aliphatic heterocycles. The molecule has 1 aromatic rings. The number of hydrogen-bond acceptors (Lipinski definition) is 3. The molecular formula is C10H13NO2. The van der Waals surface area contributed by atoms with Crippen molar-refractivity contribution in [3.05, 3.63) is 23.9 Å². The van der Waals surface area contributed by atoms with Crippen LogP contribution in [0.3, 0.4) is 0 Å². The standard InChI is InChI=1S/C10H13NO2/c1-13-9-4-2-3-8(11-9)10(7-12)5-6-10/h2-4,12H,5-7H2,1H3. The molecule has 1 aliphatic rings. The molecule has 13 heavy (non-hydrogen) atoms. The molecule has 3 heteroatoms. The van der Waals surface area contributed by atoms with Gasteiger partial charge >= 0.3 is 0 Å². The number of nitrogens with zero attached hydrogens (tertiary/aromatic N) is 1. The van der Waals surface area contributed by atoms with Gasteiger partial charge in [-0.1, -0.05) is 6.07 Å². The Bertz CT molecular complexity index is 308. The van der Waals surface area contributed by atoms with Crippen molar-refractivity contribution in [3.63, 3.8) is 0 Å². The smallest absolute Gasteiger partial charge is 0.213 e. The van der Waals surface area contributed by atoms with Gasteiger partial charge in [0.25, 0.3) is 0 Å². The predicted octanol–water partition coefficient (Wildman–Crippen LogP) is 1.11. The Labute approximate surface area is 77.4 Å². The van der Waals surface area contributed by atoms with Crippen molar-refractivity contribution in [1.82, 2.24) is 4.98 Å². The first-order valence-corrected chi connectivity index (χ1v) is 4.43. The predicted molar refractivity (Wildman–Crippen MR) is 48.8 cm³/mol. The molecule has 3 nitrogen and oxygen atoms in total. The summed E-state index contributed by atoms with van der Waals surface area (Å²) >= 11 is 0. The van der Waals surface area contributed by atoms with Gasteiger partial charge in [-0.15, -0.1) is 0 Å². The van der Waals surface area contributed by atoms with Crippen LogP contribution in [0.1, 0.15) is 18.5 Å². The second-order valence-electron chi connectivity index (χ2n) is 3.50. The number of aromatic nitrogens is 1. The molecule has 0 spiro atoms. The molecule has 0 saturated heterocycles. The number of hydrogen-bond donors (Lipinski definition) is 1. The molecule has 1 aliphatic carbocycles. The minimum Gasteiger partial charge on any atom is -0.481 e. The van der Waals surface area contributed by atoms with Crippen molar-refractivity contribution < 1.29 is 9.84 Å². The maximum absolute atomic E-state index is 9.19. The Morgan fingerprint density at radius 1 is 1.54 bits per heavy atom. The maximum atomic E-state index is 9.19. The summed E-state index contributed by atoms with van der Waals surface area (Å²) in [6.07, 6.45) is 2.06. The fourth-order valence-electron chi connectivity index (χ4n) is 1.47. The highest BCUT2D eigenvalue weighted by atomic mass is 16.5. The van der Waals surface area contributed by atoms with E-state index in [1.807, 2.05) is 18.2 Å². The van der Waals surface area contributed by atoms with E-state index < -0.39 is 0 Å². The Morgan fingerprint density at radius 2 is 2.31 bits per heavy atom. The second-order valence-corrected chi connectivity index (χ2v) is 3.50. The van der Waals surface area contributed by atoms with Crippen LogP contribution in [-0.4, -0.2) is 23.8 Å². The first kappa shape index (κ1) is 8.51. The molecule has 0 amide bonds. The average molecular weight is 179 g/mol. The second kappa shape index (κ2) is 3.00. The molecule has 0 bridgehead atoms. The van der Waals surface area contributed by atoms with Crippen molar-refractivity contribution in [2.24, 2.45) is 0 Å². The SMILES string of the molecule is COc1cccc(C2(CO)CC2)n1. The Morgan fingerprint density at radius 3 is 2.85 bits per heavy atom. The summed E-state index contributed by atoms with van der Waals surface area (Å²) in [7, 11) is 1.60. The third-order valence-corrected chi connectivity index (χ3v) is 2.63. The van der Waals surface area contributed by atoms with E-state index in [9.17, 15) is 5.11 Å². The van der Waals surface area contributed by atoms with Gasteiger partial charge in [-0.25, -0.2) is 4.98 Å². The van der Waals surface area contributed by atoms with Crippen LogP contribution in [0, 0.1) is 0 Å². The summed E-state index contributed by atoms with van der Waals surface area (Å²) in [5, 5.41) is 9.19. The topological polar surface area (TPSA) is 42.4 Å². The molecular weight excluding hydrogens is 166 g/mol. The lowest BCUT2D eigenvalue weighted by Gasteiger charge is -2.11. The summed E-state index contributed by atoms with van der Waals surface area (Å²) in [4.78, 5) is 4.31. The highest BCUT2D eigenvalue weighted by molar-refractivity contribution is 5.28. The third-order valence-electron chi connectivity index (χ3n) is 2.63. The molecule has 70 valence electrons. The van der Waals surface area contributed by atoms with E-state index in [0.29, 0.717) is 5.88 Å². The average Bonchev–Trinajstić information content (AvgIpc) is 2.99. The van der Waals surface area contributed by atoms with Crippen molar-refractivity contribution in [1.29, 1.82) is 0 Å². The summed E-state index contributed by atoms with van der Waals surface area (Å²) in [5.41, 5.74) is 0.892. The summed E-state index contributed by atoms with van der Waals surface area (Å²) < 4.78 is 5.03. The minimum absolute atomic E-state index is 0.0610. The van der Waals surface area contributed by atoms with Gasteiger partial charge < -0.3 is 9.84 Å². The lowest BCUT2D eigenvalue weighted by Crippen LogP contribution is -2.13. The molecule has 2 rings (SSSR count). The lowest BCUT2D eigenvalue weighted by molar-refractivity contribution is 0.251. The molecule has 1 aromatic heterocycles. The van der Waals surface area contributed by atoms with Gasteiger partial charge in [0, 0.05) is 11.5 Å². The van der Waals surface area contributed by atoms with E-state index in [2.05, 4.69) is 4.98 Å². The third kappa shape index (κ3) is 1.40. The van der Waals surface area contributed by atoms with Crippen LogP contribution in [-0.2, 0) is 5.41 Å². The van der Waals surface area contributed by atoms with E-state index in [-0.39, 0.29) is 12.0 Å². The summed E-state index contributed by atoms with van der Waals surface area (Å²) in [6, 6.07) is 5.68. The highest BCUT2D eigenvalue weighted by Gasteiger charge is 2.45. The van der Waals surface area contributed by atoms with E-state index >= 15 is 0 Å². The van der Waals surface area contributed by atoms with Gasteiger partial charge in [0.2, 0.25) is 5.88 Å². The van der Waals surface area contributed by atoms with Crippen molar-refractivity contribution in [3.8, 4) is 5.88 Å². The highest BCUT2D eigenvalue weighted by Crippen LogP contribution is 2.46. The number of aliphatic hydroxyl groups excluding tert-OH is 1. The van der Waals surface area contributed by atoms with Crippen LogP contribution in [0.15, 0.2) is 18.2 Å². The first-order valence-electron chi connectivity index (χ1n) is 4.43. The molecule has 0 atom stereocenters. The Hall–Kier alpha value is -1.09. The first-order chi connectivity index (χ1) is 6.30. The molecule has 0 aromatic carbocycles. The van der Waals surface area contributed by atoms with Crippen molar-refractivity contribution >= 4 is 0 Å². The van der Waals surface area contributed by atoms with E-state index in [0.717, 1.165) is 18.5 Å². The Balaban J connectivity index is 2.30. The number of methoxy groups -OCH3 is 1. The molecule has 0 unspecified atom stereocenters. The van der Waals surface area contributed by atoms with Crippen LogP contribution in [0.5, 0.6) is 5.88 Å². The zero-order chi connectivity index (χ0) is 9.31. The van der Waals surface area contributed by atoms with Gasteiger partial charge in [0.05, 0.1) is 19.4 Å². The summed E-state index contributed by atoms with van der Waals surface area (Å²) in [5.74, 6) is 0.622. The van der Waals surface area contributed by atoms with Crippen molar-refractivity contribution in [2.45, 2.75) is 18.3 Å². The minimum atomic E-state index is -0.0610. The number of ether oxygens (including phenoxy) is 1. The molecule has 0 radical (unpaired) electrons. The molecule has 1 saturated carbocycles.